The molecule has 1 aliphatic heterocycles. The number of nitrogens with one attached hydrogen (secondary N) is 1. The first kappa shape index (κ1) is 13.6. The van der Waals surface area contributed by atoms with Gasteiger partial charge in [0.05, 0.1) is 0 Å². The van der Waals surface area contributed by atoms with Crippen LogP contribution in [0.3, 0.4) is 0 Å². The molecular weight excluding hydrogens is 220 g/mol. The number of nitrogens with zero attached hydrogens (tertiary/aromatic N) is 1. The maximum atomic E-state index is 3.29. The molecule has 1 aromatic carbocycles. The number of hydrogen-bond donors (Lipinski definition) is 1. The second kappa shape index (κ2) is 6.91. The molecule has 1 N–H and O–H groups in total. The van der Waals surface area contributed by atoms with Gasteiger partial charge in [0.2, 0.25) is 0 Å². The van der Waals surface area contributed by atoms with Gasteiger partial charge < -0.3 is 5.32 Å². The molecule has 2 heteroatoms. The van der Waals surface area contributed by atoms with Crippen molar-refractivity contribution in [2.45, 2.75) is 38.6 Å². The predicted octanol–water partition coefficient (Wildman–Crippen LogP) is 3.00. The molecule has 18 heavy (non-hydrogen) atoms. The van der Waals surface area contributed by atoms with E-state index in [2.05, 4.69) is 41.4 Å². The summed E-state index contributed by atoms with van der Waals surface area (Å²) in [5, 5.41) is 3.29. The van der Waals surface area contributed by atoms with Crippen molar-refractivity contribution in [3.8, 4) is 0 Å². The molecular formula is C16H26N2. The third kappa shape index (κ3) is 3.33. The van der Waals surface area contributed by atoms with E-state index in [1.165, 1.54) is 43.5 Å². The Balaban J connectivity index is 2.10. The van der Waals surface area contributed by atoms with Crippen molar-refractivity contribution in [2.24, 2.45) is 0 Å². The van der Waals surface area contributed by atoms with Crippen molar-refractivity contribution in [1.82, 2.24) is 10.2 Å². The van der Waals surface area contributed by atoms with Crippen LogP contribution in [0.5, 0.6) is 0 Å². The molecule has 1 aliphatic rings. The molecule has 0 spiro atoms. The normalized spacial score (nSPS) is 18.1. The fraction of sp³-hybridized carbons (Fsp3) is 0.625. The van der Waals surface area contributed by atoms with E-state index in [9.17, 15) is 0 Å². The molecule has 1 heterocycles. The molecule has 1 atom stereocenters. The summed E-state index contributed by atoms with van der Waals surface area (Å²) in [5.74, 6) is 0. The third-order valence-corrected chi connectivity index (χ3v) is 4.02. The Hall–Kier alpha value is -0.860. The minimum absolute atomic E-state index is 0.603. The SMILES string of the molecule is CCc1ccc(C(CCNC)N2CCCC2)cc1. The van der Waals surface area contributed by atoms with Crippen LogP contribution in [0.15, 0.2) is 24.3 Å². The Morgan fingerprint density at radius 2 is 1.83 bits per heavy atom. The van der Waals surface area contributed by atoms with E-state index in [4.69, 9.17) is 0 Å². The first-order chi connectivity index (χ1) is 8.85. The van der Waals surface area contributed by atoms with Crippen LogP contribution >= 0.6 is 0 Å². The van der Waals surface area contributed by atoms with E-state index >= 15 is 0 Å². The lowest BCUT2D eigenvalue weighted by atomic mass is 10.00. The second-order valence-corrected chi connectivity index (χ2v) is 5.25. The highest BCUT2D eigenvalue weighted by atomic mass is 15.2. The molecule has 0 radical (unpaired) electrons. The predicted molar refractivity (Wildman–Crippen MR) is 77.9 cm³/mol. The lowest BCUT2D eigenvalue weighted by molar-refractivity contribution is 0.233. The molecule has 1 unspecified atom stereocenters. The molecule has 0 aromatic heterocycles. The standard InChI is InChI=1S/C16H26N2/c1-3-14-6-8-15(9-7-14)16(10-11-17-2)18-12-4-5-13-18/h6-9,16-17H,3-5,10-13H2,1-2H3. The molecule has 100 valence electrons. The maximum absolute atomic E-state index is 3.29. The molecule has 2 nitrogen and oxygen atoms in total. The molecule has 1 saturated heterocycles. The summed E-state index contributed by atoms with van der Waals surface area (Å²) in [7, 11) is 2.04. The zero-order valence-corrected chi connectivity index (χ0v) is 11.8. The first-order valence-corrected chi connectivity index (χ1v) is 7.32. The number of rotatable bonds is 6. The van der Waals surface area contributed by atoms with Crippen molar-refractivity contribution in [1.29, 1.82) is 0 Å². The summed E-state index contributed by atoms with van der Waals surface area (Å²) in [4.78, 5) is 2.65. The molecule has 1 fully saturated rings. The van der Waals surface area contributed by atoms with Gasteiger partial charge in [0.25, 0.3) is 0 Å². The molecule has 0 aliphatic carbocycles. The Labute approximate surface area is 111 Å². The average molecular weight is 246 g/mol. The Bertz CT molecular complexity index is 339. The number of likely N-dealkylation sites (tertiary alicyclic amines) is 1. The second-order valence-electron chi connectivity index (χ2n) is 5.25. The van der Waals surface area contributed by atoms with Crippen LogP contribution in [-0.4, -0.2) is 31.6 Å². The number of aryl methyl sites for hydroxylation is 1. The van der Waals surface area contributed by atoms with E-state index in [1.807, 2.05) is 7.05 Å². The van der Waals surface area contributed by atoms with Gasteiger partial charge in [-0.1, -0.05) is 31.2 Å². The smallest absolute Gasteiger partial charge is 0.0360 e. The Morgan fingerprint density at radius 1 is 1.17 bits per heavy atom. The quantitative estimate of drug-likeness (QED) is 0.830. The summed E-state index contributed by atoms with van der Waals surface area (Å²) >= 11 is 0. The maximum Gasteiger partial charge on any atom is 0.0360 e. The summed E-state index contributed by atoms with van der Waals surface area (Å²) in [6.45, 7) is 5.85. The molecule has 0 saturated carbocycles. The van der Waals surface area contributed by atoms with Crippen molar-refractivity contribution in [3.63, 3.8) is 0 Å². The third-order valence-electron chi connectivity index (χ3n) is 4.02. The zero-order chi connectivity index (χ0) is 12.8. The molecule has 0 amide bonds. The van der Waals surface area contributed by atoms with Gasteiger partial charge >= 0.3 is 0 Å². The molecule has 2 rings (SSSR count). The van der Waals surface area contributed by atoms with Gasteiger partial charge in [-0.05, 0) is 63.5 Å². The Kier molecular flexibility index (Phi) is 5.21. The first-order valence-electron chi connectivity index (χ1n) is 7.32. The highest BCUT2D eigenvalue weighted by molar-refractivity contribution is 5.25. The van der Waals surface area contributed by atoms with Crippen LogP contribution in [0.2, 0.25) is 0 Å². The van der Waals surface area contributed by atoms with Crippen molar-refractivity contribution in [3.05, 3.63) is 35.4 Å². The van der Waals surface area contributed by atoms with Crippen molar-refractivity contribution >= 4 is 0 Å². The van der Waals surface area contributed by atoms with Crippen LogP contribution in [0.1, 0.15) is 43.4 Å². The zero-order valence-electron chi connectivity index (χ0n) is 11.8. The van der Waals surface area contributed by atoms with Crippen LogP contribution < -0.4 is 5.32 Å². The lowest BCUT2D eigenvalue weighted by Crippen LogP contribution is -2.28. The largest absolute Gasteiger partial charge is 0.320 e. The monoisotopic (exact) mass is 246 g/mol. The highest BCUT2D eigenvalue weighted by Gasteiger charge is 2.22. The van der Waals surface area contributed by atoms with Gasteiger partial charge in [0.1, 0.15) is 0 Å². The Morgan fingerprint density at radius 3 is 2.39 bits per heavy atom. The summed E-state index contributed by atoms with van der Waals surface area (Å²) < 4.78 is 0. The fourth-order valence-electron chi connectivity index (χ4n) is 2.87. The van der Waals surface area contributed by atoms with Gasteiger partial charge in [-0.3, -0.25) is 4.90 Å². The van der Waals surface area contributed by atoms with E-state index in [0.29, 0.717) is 6.04 Å². The van der Waals surface area contributed by atoms with E-state index in [1.54, 1.807) is 0 Å². The van der Waals surface area contributed by atoms with Crippen molar-refractivity contribution in [2.75, 3.05) is 26.7 Å². The fourth-order valence-corrected chi connectivity index (χ4v) is 2.87. The minimum atomic E-state index is 0.603. The van der Waals surface area contributed by atoms with Crippen LogP contribution in [0.4, 0.5) is 0 Å². The molecule has 1 aromatic rings. The van der Waals surface area contributed by atoms with Gasteiger partial charge in [-0.2, -0.15) is 0 Å². The van der Waals surface area contributed by atoms with Crippen LogP contribution in [0, 0.1) is 0 Å². The van der Waals surface area contributed by atoms with E-state index in [0.717, 1.165) is 13.0 Å². The molecule has 0 bridgehead atoms. The van der Waals surface area contributed by atoms with Crippen molar-refractivity contribution < 1.29 is 0 Å². The van der Waals surface area contributed by atoms with Gasteiger partial charge in [0.15, 0.2) is 0 Å². The van der Waals surface area contributed by atoms with Crippen LogP contribution in [-0.2, 0) is 6.42 Å². The summed E-state index contributed by atoms with van der Waals surface area (Å²) in [6.07, 6.45) is 5.07. The number of benzene rings is 1. The minimum Gasteiger partial charge on any atom is -0.320 e. The van der Waals surface area contributed by atoms with E-state index in [-0.39, 0.29) is 0 Å². The summed E-state index contributed by atoms with van der Waals surface area (Å²) in [5.41, 5.74) is 2.93. The van der Waals surface area contributed by atoms with E-state index < -0.39 is 0 Å². The highest BCUT2D eigenvalue weighted by Crippen LogP contribution is 2.28. The van der Waals surface area contributed by atoms with Gasteiger partial charge in [-0.25, -0.2) is 0 Å². The van der Waals surface area contributed by atoms with Gasteiger partial charge in [0, 0.05) is 6.04 Å². The average Bonchev–Trinajstić information content (AvgIpc) is 2.94. The topological polar surface area (TPSA) is 15.3 Å². The number of hydrogen-bond acceptors (Lipinski definition) is 2. The summed E-state index contributed by atoms with van der Waals surface area (Å²) in [6, 6.07) is 9.84. The lowest BCUT2D eigenvalue weighted by Gasteiger charge is -2.28. The van der Waals surface area contributed by atoms with Crippen LogP contribution in [0.25, 0.3) is 0 Å². The van der Waals surface area contributed by atoms with Gasteiger partial charge in [-0.15, -0.1) is 0 Å².